The van der Waals surface area contributed by atoms with Crippen LogP contribution in [0.3, 0.4) is 0 Å². The van der Waals surface area contributed by atoms with E-state index in [0.717, 1.165) is 49.9 Å². The van der Waals surface area contributed by atoms with E-state index in [1.807, 2.05) is 11.5 Å². The van der Waals surface area contributed by atoms with Crippen LogP contribution >= 0.6 is 11.3 Å². The first kappa shape index (κ1) is 18.5. The molecule has 2 aromatic rings. The van der Waals surface area contributed by atoms with Crippen molar-refractivity contribution in [2.45, 2.75) is 64.3 Å². The number of hydrogen-bond acceptors (Lipinski definition) is 7. The number of aliphatic hydroxyl groups is 1. The Hall–Kier alpha value is -1.84. The first-order chi connectivity index (χ1) is 13.2. The topological polar surface area (TPSA) is 96.2 Å². The molecule has 1 aliphatic heterocycles. The predicted molar refractivity (Wildman–Crippen MR) is 101 cm³/mol. The fourth-order valence-electron chi connectivity index (χ4n) is 3.94. The lowest BCUT2D eigenvalue weighted by Gasteiger charge is -2.35. The number of aliphatic hydroxyl groups excluding tert-OH is 1. The Morgan fingerprint density at radius 2 is 2.11 bits per heavy atom. The van der Waals surface area contributed by atoms with Gasteiger partial charge >= 0.3 is 0 Å². The molecule has 9 heteroatoms. The molecule has 1 amide bonds. The number of nitrogens with zero attached hydrogens (tertiary/aromatic N) is 5. The number of carbonyl (C=O) groups excluding carboxylic acids is 1. The van der Waals surface area contributed by atoms with Gasteiger partial charge in [-0.1, -0.05) is 0 Å². The van der Waals surface area contributed by atoms with Gasteiger partial charge in [0.05, 0.1) is 12.7 Å². The number of rotatable bonds is 7. The zero-order valence-corrected chi connectivity index (χ0v) is 16.4. The summed E-state index contributed by atoms with van der Waals surface area (Å²) in [6.07, 6.45) is 5.92. The van der Waals surface area contributed by atoms with E-state index in [9.17, 15) is 9.90 Å². The van der Waals surface area contributed by atoms with Gasteiger partial charge in [0.1, 0.15) is 22.3 Å². The third-order valence-corrected chi connectivity index (χ3v) is 6.47. The highest BCUT2D eigenvalue weighted by atomic mass is 32.1. The Morgan fingerprint density at radius 1 is 1.33 bits per heavy atom. The summed E-state index contributed by atoms with van der Waals surface area (Å²) in [5.41, 5.74) is 0. The molecular formula is C18H26N6O2S. The van der Waals surface area contributed by atoms with Gasteiger partial charge in [-0.3, -0.25) is 9.69 Å². The number of aromatic nitrogens is 4. The van der Waals surface area contributed by atoms with E-state index in [0.29, 0.717) is 10.7 Å². The number of carbonyl (C=O) groups is 1. The van der Waals surface area contributed by atoms with Gasteiger partial charge in [-0.15, -0.1) is 21.5 Å². The fraction of sp³-hybridized carbons (Fsp3) is 0.667. The maximum atomic E-state index is 12.5. The van der Waals surface area contributed by atoms with Gasteiger partial charge in [0.2, 0.25) is 0 Å². The molecule has 146 valence electrons. The minimum absolute atomic E-state index is 0.0309. The van der Waals surface area contributed by atoms with Crippen LogP contribution in [0.1, 0.15) is 64.9 Å². The van der Waals surface area contributed by atoms with Crippen LogP contribution in [0.25, 0.3) is 0 Å². The third-order valence-electron chi connectivity index (χ3n) is 5.49. The molecule has 4 rings (SSSR count). The fourth-order valence-corrected chi connectivity index (χ4v) is 4.80. The largest absolute Gasteiger partial charge is 0.388 e. The van der Waals surface area contributed by atoms with Gasteiger partial charge in [0, 0.05) is 18.5 Å². The summed E-state index contributed by atoms with van der Waals surface area (Å²) in [5, 5.41) is 21.7. The molecule has 1 saturated carbocycles. The minimum atomic E-state index is -0.0983. The molecule has 0 unspecified atom stereocenters. The molecule has 0 spiro atoms. The number of amides is 1. The number of thiazole rings is 1. The van der Waals surface area contributed by atoms with Crippen molar-refractivity contribution in [2.24, 2.45) is 0 Å². The van der Waals surface area contributed by atoms with Crippen LogP contribution in [0.5, 0.6) is 0 Å². The Balaban J connectivity index is 1.29. The maximum absolute atomic E-state index is 12.5. The highest BCUT2D eigenvalue weighted by Gasteiger charge is 2.35. The lowest BCUT2D eigenvalue weighted by molar-refractivity contribution is 0.0910. The van der Waals surface area contributed by atoms with E-state index in [1.165, 1.54) is 24.2 Å². The molecule has 27 heavy (non-hydrogen) atoms. The van der Waals surface area contributed by atoms with Crippen molar-refractivity contribution in [1.82, 2.24) is 30.0 Å². The zero-order chi connectivity index (χ0) is 18.8. The molecular weight excluding hydrogens is 364 g/mol. The van der Waals surface area contributed by atoms with Crippen LogP contribution in [0.4, 0.5) is 0 Å². The molecule has 1 saturated heterocycles. The van der Waals surface area contributed by atoms with E-state index in [4.69, 9.17) is 0 Å². The van der Waals surface area contributed by atoms with E-state index in [-0.39, 0.29) is 24.5 Å². The SMILES string of the molecule is CCn1c(CO)nnc1C1CC(NC(=O)c2cnc(CN3CCCC3)s2)C1. The Morgan fingerprint density at radius 3 is 2.81 bits per heavy atom. The van der Waals surface area contributed by atoms with E-state index in [1.54, 1.807) is 6.20 Å². The molecule has 8 nitrogen and oxygen atoms in total. The average Bonchev–Trinajstić information content (AvgIpc) is 3.38. The average molecular weight is 391 g/mol. The second-order valence-corrected chi connectivity index (χ2v) is 8.43. The summed E-state index contributed by atoms with van der Waals surface area (Å²) in [6, 6.07) is 0.159. The van der Waals surface area contributed by atoms with Crippen LogP contribution in [0.15, 0.2) is 6.20 Å². The van der Waals surface area contributed by atoms with Crippen molar-refractivity contribution >= 4 is 17.2 Å². The van der Waals surface area contributed by atoms with Crippen molar-refractivity contribution in [1.29, 1.82) is 0 Å². The molecule has 0 aromatic carbocycles. The summed E-state index contributed by atoms with van der Waals surface area (Å²) in [7, 11) is 0. The van der Waals surface area contributed by atoms with Gasteiger partial charge in [-0.2, -0.15) is 0 Å². The van der Waals surface area contributed by atoms with Crippen molar-refractivity contribution in [3.63, 3.8) is 0 Å². The summed E-state index contributed by atoms with van der Waals surface area (Å²) in [4.78, 5) is 20.0. The van der Waals surface area contributed by atoms with Crippen LogP contribution in [0, 0.1) is 0 Å². The van der Waals surface area contributed by atoms with Gasteiger partial charge in [-0.25, -0.2) is 4.98 Å². The van der Waals surface area contributed by atoms with E-state index >= 15 is 0 Å². The van der Waals surface area contributed by atoms with Crippen molar-refractivity contribution in [2.75, 3.05) is 13.1 Å². The Labute approximate surface area is 162 Å². The molecule has 2 aromatic heterocycles. The lowest BCUT2D eigenvalue weighted by atomic mass is 9.79. The minimum Gasteiger partial charge on any atom is -0.388 e. The number of hydrogen-bond donors (Lipinski definition) is 2. The predicted octanol–water partition coefficient (Wildman–Crippen LogP) is 1.52. The zero-order valence-electron chi connectivity index (χ0n) is 15.6. The van der Waals surface area contributed by atoms with Crippen LogP contribution in [0.2, 0.25) is 0 Å². The standard InChI is InChI=1S/C18H26N6O2S/c1-2-24-15(11-25)21-22-17(24)12-7-13(8-12)20-18(26)14-9-19-16(27-14)10-23-5-3-4-6-23/h9,12-13,25H,2-8,10-11H2,1H3,(H,20,26). The van der Waals surface area contributed by atoms with E-state index < -0.39 is 0 Å². The van der Waals surface area contributed by atoms with Crippen molar-refractivity contribution in [3.8, 4) is 0 Å². The van der Waals surface area contributed by atoms with Crippen LogP contribution < -0.4 is 5.32 Å². The summed E-state index contributed by atoms with van der Waals surface area (Å²) in [6.45, 7) is 5.78. The summed E-state index contributed by atoms with van der Waals surface area (Å²) >= 11 is 1.49. The Kier molecular flexibility index (Phi) is 5.51. The number of likely N-dealkylation sites (tertiary alicyclic amines) is 1. The van der Waals surface area contributed by atoms with Crippen molar-refractivity contribution < 1.29 is 9.90 Å². The molecule has 3 heterocycles. The van der Waals surface area contributed by atoms with Gasteiger partial charge in [0.25, 0.3) is 5.91 Å². The quantitative estimate of drug-likeness (QED) is 0.744. The number of nitrogens with one attached hydrogen (secondary N) is 1. The second kappa shape index (κ2) is 8.04. The van der Waals surface area contributed by atoms with Gasteiger partial charge < -0.3 is 15.0 Å². The molecule has 1 aliphatic carbocycles. The van der Waals surface area contributed by atoms with Crippen LogP contribution in [-0.4, -0.2) is 54.8 Å². The second-order valence-electron chi connectivity index (χ2n) is 7.32. The monoisotopic (exact) mass is 390 g/mol. The Bertz CT molecular complexity index is 792. The first-order valence-electron chi connectivity index (χ1n) is 9.68. The molecule has 2 fully saturated rings. The normalized spacial score (nSPS) is 22.7. The smallest absolute Gasteiger partial charge is 0.263 e. The van der Waals surface area contributed by atoms with E-state index in [2.05, 4.69) is 25.4 Å². The molecule has 2 N–H and O–H groups in total. The summed E-state index contributed by atoms with van der Waals surface area (Å²) in [5.74, 6) is 1.78. The molecule has 0 atom stereocenters. The van der Waals surface area contributed by atoms with Gasteiger partial charge in [-0.05, 0) is 45.7 Å². The highest BCUT2D eigenvalue weighted by Crippen LogP contribution is 2.36. The van der Waals surface area contributed by atoms with Crippen LogP contribution in [-0.2, 0) is 19.7 Å². The molecule has 0 radical (unpaired) electrons. The molecule has 2 aliphatic rings. The maximum Gasteiger partial charge on any atom is 0.263 e. The third kappa shape index (κ3) is 3.90. The highest BCUT2D eigenvalue weighted by molar-refractivity contribution is 7.13. The lowest BCUT2D eigenvalue weighted by Crippen LogP contribution is -2.43. The van der Waals surface area contributed by atoms with Gasteiger partial charge in [0.15, 0.2) is 5.82 Å². The first-order valence-corrected chi connectivity index (χ1v) is 10.5. The van der Waals surface area contributed by atoms with Crippen molar-refractivity contribution in [3.05, 3.63) is 27.7 Å². The summed E-state index contributed by atoms with van der Waals surface area (Å²) < 4.78 is 1.97. The molecule has 0 bridgehead atoms.